The van der Waals surface area contributed by atoms with E-state index < -0.39 is 6.09 Å². The van der Waals surface area contributed by atoms with Gasteiger partial charge in [-0.05, 0) is 31.5 Å². The van der Waals surface area contributed by atoms with E-state index in [2.05, 4.69) is 5.32 Å². The van der Waals surface area contributed by atoms with Crippen molar-refractivity contribution in [1.82, 2.24) is 0 Å². The van der Waals surface area contributed by atoms with Gasteiger partial charge in [-0.3, -0.25) is 5.32 Å². The average Bonchev–Trinajstić information content (AvgIpc) is 2.46. The van der Waals surface area contributed by atoms with E-state index in [1.807, 2.05) is 56.3 Å². The number of anilines is 1. The van der Waals surface area contributed by atoms with Crippen LogP contribution in [0, 0.1) is 0 Å². The molecule has 2 aromatic carbocycles. The number of rotatable bonds is 5. The molecule has 1 N–H and O–H groups in total. The Kier molecular flexibility index (Phi) is 5.21. The minimum Gasteiger partial charge on any atom is -0.491 e. The molecule has 4 heteroatoms. The standard InChI is InChI=1S/C17H19NO3/c1-13(2)21-16-10-6-9-15(11-16)18-17(19)20-12-14-7-4-3-5-8-14/h3-11,13H,12H2,1-2H3,(H,18,19). The summed E-state index contributed by atoms with van der Waals surface area (Å²) in [5.74, 6) is 0.714. The van der Waals surface area contributed by atoms with Gasteiger partial charge in [0.25, 0.3) is 0 Å². The fourth-order valence-corrected chi connectivity index (χ4v) is 1.80. The van der Waals surface area contributed by atoms with Crippen molar-refractivity contribution in [3.63, 3.8) is 0 Å². The summed E-state index contributed by atoms with van der Waals surface area (Å²) in [5, 5.41) is 2.68. The summed E-state index contributed by atoms with van der Waals surface area (Å²) in [6.45, 7) is 4.15. The van der Waals surface area contributed by atoms with Gasteiger partial charge in [-0.1, -0.05) is 36.4 Å². The Balaban J connectivity index is 1.87. The summed E-state index contributed by atoms with van der Waals surface area (Å²) in [7, 11) is 0. The van der Waals surface area contributed by atoms with E-state index in [1.165, 1.54) is 0 Å². The summed E-state index contributed by atoms with van der Waals surface area (Å²) < 4.78 is 10.7. The van der Waals surface area contributed by atoms with Crippen LogP contribution in [-0.2, 0) is 11.3 Å². The molecule has 0 saturated heterocycles. The first kappa shape index (κ1) is 14.9. The topological polar surface area (TPSA) is 47.6 Å². The summed E-state index contributed by atoms with van der Waals surface area (Å²) in [6, 6.07) is 16.8. The highest BCUT2D eigenvalue weighted by Crippen LogP contribution is 2.18. The molecule has 1 amide bonds. The van der Waals surface area contributed by atoms with Gasteiger partial charge < -0.3 is 9.47 Å². The number of hydrogen-bond acceptors (Lipinski definition) is 3. The molecule has 2 rings (SSSR count). The van der Waals surface area contributed by atoms with E-state index >= 15 is 0 Å². The first-order chi connectivity index (χ1) is 10.1. The average molecular weight is 285 g/mol. The van der Waals surface area contributed by atoms with Crippen molar-refractivity contribution in [3.8, 4) is 5.75 Å². The molecule has 0 aromatic heterocycles. The minimum atomic E-state index is -0.486. The molecule has 0 radical (unpaired) electrons. The summed E-state index contributed by atoms with van der Waals surface area (Å²) >= 11 is 0. The van der Waals surface area contributed by atoms with E-state index in [4.69, 9.17) is 9.47 Å². The van der Waals surface area contributed by atoms with Crippen LogP contribution in [0.25, 0.3) is 0 Å². The summed E-state index contributed by atoms with van der Waals surface area (Å²) in [4.78, 5) is 11.7. The molecule has 0 aliphatic heterocycles. The molecule has 110 valence electrons. The van der Waals surface area contributed by atoms with E-state index in [0.717, 1.165) is 5.56 Å². The predicted molar refractivity (Wildman–Crippen MR) is 82.5 cm³/mol. The van der Waals surface area contributed by atoms with Crippen molar-refractivity contribution in [1.29, 1.82) is 0 Å². The van der Waals surface area contributed by atoms with E-state index in [0.29, 0.717) is 11.4 Å². The maximum Gasteiger partial charge on any atom is 0.411 e. The molecule has 0 saturated carbocycles. The van der Waals surface area contributed by atoms with Gasteiger partial charge in [-0.2, -0.15) is 0 Å². The number of carbonyl (C=O) groups excluding carboxylic acids is 1. The Bertz CT molecular complexity index is 582. The third kappa shape index (κ3) is 5.18. The van der Waals surface area contributed by atoms with Crippen LogP contribution in [0.4, 0.5) is 10.5 Å². The van der Waals surface area contributed by atoms with Gasteiger partial charge in [0, 0.05) is 11.8 Å². The first-order valence-corrected chi connectivity index (χ1v) is 6.88. The molecular formula is C17H19NO3. The Morgan fingerprint density at radius 2 is 1.86 bits per heavy atom. The predicted octanol–water partition coefficient (Wildman–Crippen LogP) is 4.22. The number of hydrogen-bond donors (Lipinski definition) is 1. The lowest BCUT2D eigenvalue weighted by molar-refractivity contribution is 0.155. The Labute approximate surface area is 124 Å². The number of ether oxygens (including phenoxy) is 2. The lowest BCUT2D eigenvalue weighted by atomic mass is 10.2. The fourth-order valence-electron chi connectivity index (χ4n) is 1.80. The molecule has 0 heterocycles. The van der Waals surface area contributed by atoms with Crippen LogP contribution in [0.3, 0.4) is 0 Å². The lowest BCUT2D eigenvalue weighted by Crippen LogP contribution is -2.13. The largest absolute Gasteiger partial charge is 0.491 e. The highest BCUT2D eigenvalue weighted by molar-refractivity contribution is 5.84. The van der Waals surface area contributed by atoms with E-state index in [9.17, 15) is 4.79 Å². The molecule has 21 heavy (non-hydrogen) atoms. The second kappa shape index (κ2) is 7.33. The fraction of sp³-hybridized carbons (Fsp3) is 0.235. The van der Waals surface area contributed by atoms with Gasteiger partial charge in [0.1, 0.15) is 12.4 Å². The van der Waals surface area contributed by atoms with Crippen molar-refractivity contribution in [2.24, 2.45) is 0 Å². The monoisotopic (exact) mass is 285 g/mol. The highest BCUT2D eigenvalue weighted by atomic mass is 16.5. The number of nitrogens with one attached hydrogen (secondary N) is 1. The zero-order valence-electron chi connectivity index (χ0n) is 12.2. The molecule has 0 bridgehead atoms. The Hall–Kier alpha value is -2.49. The Morgan fingerprint density at radius 3 is 2.57 bits per heavy atom. The number of benzene rings is 2. The van der Waals surface area contributed by atoms with Crippen LogP contribution in [0.2, 0.25) is 0 Å². The van der Waals surface area contributed by atoms with Crippen molar-refractivity contribution < 1.29 is 14.3 Å². The molecule has 0 fully saturated rings. The van der Waals surface area contributed by atoms with E-state index in [-0.39, 0.29) is 12.7 Å². The van der Waals surface area contributed by atoms with Crippen LogP contribution in [-0.4, -0.2) is 12.2 Å². The summed E-state index contributed by atoms with van der Waals surface area (Å²) in [6.07, 6.45) is -0.397. The maximum atomic E-state index is 11.7. The van der Waals surface area contributed by atoms with Crippen molar-refractivity contribution in [3.05, 3.63) is 60.2 Å². The molecular weight excluding hydrogens is 266 g/mol. The molecule has 0 aliphatic rings. The van der Waals surface area contributed by atoms with Gasteiger partial charge in [-0.15, -0.1) is 0 Å². The van der Waals surface area contributed by atoms with Crippen LogP contribution in [0.15, 0.2) is 54.6 Å². The van der Waals surface area contributed by atoms with Gasteiger partial charge in [0.2, 0.25) is 0 Å². The lowest BCUT2D eigenvalue weighted by Gasteiger charge is -2.11. The van der Waals surface area contributed by atoms with Gasteiger partial charge >= 0.3 is 6.09 Å². The third-order valence-corrected chi connectivity index (χ3v) is 2.66. The molecule has 0 atom stereocenters. The second-order valence-electron chi connectivity index (χ2n) is 4.88. The van der Waals surface area contributed by atoms with Gasteiger partial charge in [0.05, 0.1) is 6.10 Å². The normalized spacial score (nSPS) is 10.2. The van der Waals surface area contributed by atoms with E-state index in [1.54, 1.807) is 12.1 Å². The first-order valence-electron chi connectivity index (χ1n) is 6.88. The quantitative estimate of drug-likeness (QED) is 0.894. The highest BCUT2D eigenvalue weighted by Gasteiger charge is 2.05. The molecule has 4 nitrogen and oxygen atoms in total. The zero-order chi connectivity index (χ0) is 15.1. The van der Waals surface area contributed by atoms with Crippen molar-refractivity contribution in [2.45, 2.75) is 26.6 Å². The van der Waals surface area contributed by atoms with Gasteiger partial charge in [0.15, 0.2) is 0 Å². The molecule has 0 unspecified atom stereocenters. The maximum absolute atomic E-state index is 11.7. The van der Waals surface area contributed by atoms with Crippen LogP contribution in [0.1, 0.15) is 19.4 Å². The second-order valence-corrected chi connectivity index (χ2v) is 4.88. The van der Waals surface area contributed by atoms with Crippen LogP contribution >= 0.6 is 0 Å². The Morgan fingerprint density at radius 1 is 1.10 bits per heavy atom. The number of carbonyl (C=O) groups is 1. The van der Waals surface area contributed by atoms with Crippen LogP contribution < -0.4 is 10.1 Å². The van der Waals surface area contributed by atoms with Crippen molar-refractivity contribution in [2.75, 3.05) is 5.32 Å². The van der Waals surface area contributed by atoms with Gasteiger partial charge in [-0.25, -0.2) is 4.79 Å². The zero-order valence-corrected chi connectivity index (χ0v) is 12.2. The smallest absolute Gasteiger partial charge is 0.411 e. The third-order valence-electron chi connectivity index (χ3n) is 2.66. The molecule has 2 aromatic rings. The SMILES string of the molecule is CC(C)Oc1cccc(NC(=O)OCc2ccccc2)c1. The van der Waals surface area contributed by atoms with Crippen molar-refractivity contribution >= 4 is 11.8 Å². The minimum absolute atomic E-state index is 0.0882. The number of amides is 1. The molecule has 0 spiro atoms. The van der Waals surface area contributed by atoms with Crippen LogP contribution in [0.5, 0.6) is 5.75 Å². The molecule has 0 aliphatic carbocycles. The summed E-state index contributed by atoms with van der Waals surface area (Å²) in [5.41, 5.74) is 1.59.